The highest BCUT2D eigenvalue weighted by Crippen LogP contribution is 2.30. The molecule has 2 N–H and O–H groups in total. The lowest BCUT2D eigenvalue weighted by molar-refractivity contribution is -0.141. The summed E-state index contributed by atoms with van der Waals surface area (Å²) in [6.07, 6.45) is -3.98. The van der Waals surface area contributed by atoms with E-state index in [4.69, 9.17) is 11.0 Å². The number of nitrogens with two attached hydrogens (primary N) is 1. The minimum Gasteiger partial charge on any atom is -0.397 e. The van der Waals surface area contributed by atoms with Crippen molar-refractivity contribution in [1.29, 1.82) is 5.26 Å². The summed E-state index contributed by atoms with van der Waals surface area (Å²) in [6, 6.07) is 2.74. The van der Waals surface area contributed by atoms with Gasteiger partial charge in [0, 0.05) is 0 Å². The van der Waals surface area contributed by atoms with E-state index in [1.54, 1.807) is 6.07 Å². The Hall–Kier alpha value is -1.77. The average Bonchev–Trinajstić information content (AvgIpc) is 2.02. The summed E-state index contributed by atoms with van der Waals surface area (Å²) in [7, 11) is 0. The van der Waals surface area contributed by atoms with Crippen molar-refractivity contribution in [2.45, 2.75) is 12.6 Å². The van der Waals surface area contributed by atoms with Crippen LogP contribution < -0.4 is 5.73 Å². The summed E-state index contributed by atoms with van der Waals surface area (Å²) in [5.41, 5.74) is 4.13. The molecule has 74 valence electrons. The van der Waals surface area contributed by atoms with Crippen molar-refractivity contribution < 1.29 is 13.2 Å². The Kier molecular flexibility index (Phi) is 2.60. The van der Waals surface area contributed by atoms with Crippen molar-refractivity contribution in [3.63, 3.8) is 0 Å². The summed E-state index contributed by atoms with van der Waals surface area (Å²) in [4.78, 5) is 3.17. The number of alkyl halides is 3. The van der Waals surface area contributed by atoms with Gasteiger partial charge in [-0.1, -0.05) is 0 Å². The van der Waals surface area contributed by atoms with Gasteiger partial charge in [-0.05, 0) is 11.6 Å². The van der Waals surface area contributed by atoms with E-state index in [1.165, 1.54) is 0 Å². The van der Waals surface area contributed by atoms with E-state index in [-0.39, 0.29) is 17.7 Å². The lowest BCUT2D eigenvalue weighted by Gasteiger charge is -2.09. The zero-order chi connectivity index (χ0) is 10.8. The summed E-state index contributed by atoms with van der Waals surface area (Å²) in [6.45, 7) is 0. The molecule has 0 aliphatic heterocycles. The Morgan fingerprint density at radius 3 is 2.64 bits per heavy atom. The van der Waals surface area contributed by atoms with E-state index in [0.717, 1.165) is 12.3 Å². The molecule has 0 fully saturated rings. The first-order valence-corrected chi connectivity index (χ1v) is 3.63. The predicted octanol–water partition coefficient (Wildman–Crippen LogP) is 1.75. The Balaban J connectivity index is 3.23. The van der Waals surface area contributed by atoms with Gasteiger partial charge >= 0.3 is 6.18 Å². The Bertz CT molecular complexity index is 378. The molecule has 1 rings (SSSR count). The fraction of sp³-hybridized carbons (Fsp3) is 0.250. The van der Waals surface area contributed by atoms with Gasteiger partial charge in [0.1, 0.15) is 5.69 Å². The van der Waals surface area contributed by atoms with Gasteiger partial charge in [0.25, 0.3) is 0 Å². The normalized spacial score (nSPS) is 11.0. The van der Waals surface area contributed by atoms with E-state index in [9.17, 15) is 13.2 Å². The highest BCUT2D eigenvalue weighted by molar-refractivity contribution is 5.41. The molecule has 1 aromatic heterocycles. The number of nitrogens with zero attached hydrogens (tertiary/aromatic N) is 2. The molecule has 0 saturated carbocycles. The Labute approximate surface area is 78.0 Å². The molecule has 1 aromatic rings. The fourth-order valence-electron chi connectivity index (χ4n) is 1.00. The first kappa shape index (κ1) is 10.3. The average molecular weight is 201 g/mol. The molecule has 14 heavy (non-hydrogen) atoms. The largest absolute Gasteiger partial charge is 0.433 e. The summed E-state index contributed by atoms with van der Waals surface area (Å²) in [5.74, 6) is 0. The molecule has 0 amide bonds. The maximum absolute atomic E-state index is 12.3. The van der Waals surface area contributed by atoms with E-state index in [2.05, 4.69) is 4.98 Å². The number of hydrogen-bond donors (Lipinski definition) is 1. The van der Waals surface area contributed by atoms with Crippen molar-refractivity contribution in [2.75, 3.05) is 5.73 Å². The minimum atomic E-state index is -4.54. The third-order valence-corrected chi connectivity index (χ3v) is 1.53. The van der Waals surface area contributed by atoms with E-state index >= 15 is 0 Å². The SMILES string of the molecule is N#CCc1cc(N)cnc1C(F)(F)F. The molecule has 0 aliphatic carbocycles. The van der Waals surface area contributed by atoms with Crippen LogP contribution in [-0.4, -0.2) is 4.98 Å². The summed E-state index contributed by atoms with van der Waals surface area (Å²) >= 11 is 0. The number of halogens is 3. The van der Waals surface area contributed by atoms with Crippen LogP contribution in [0.5, 0.6) is 0 Å². The van der Waals surface area contributed by atoms with Crippen LogP contribution in [0.3, 0.4) is 0 Å². The number of nitriles is 1. The second-order valence-electron chi connectivity index (χ2n) is 2.61. The van der Waals surface area contributed by atoms with Crippen molar-refractivity contribution >= 4 is 5.69 Å². The van der Waals surface area contributed by atoms with Gasteiger partial charge in [0.2, 0.25) is 0 Å². The minimum absolute atomic E-state index is 0.114. The van der Waals surface area contributed by atoms with Crippen molar-refractivity contribution in [3.05, 3.63) is 23.5 Å². The number of anilines is 1. The van der Waals surface area contributed by atoms with Gasteiger partial charge < -0.3 is 5.73 Å². The lowest BCUT2D eigenvalue weighted by atomic mass is 10.1. The van der Waals surface area contributed by atoms with Crippen molar-refractivity contribution in [3.8, 4) is 6.07 Å². The van der Waals surface area contributed by atoms with Gasteiger partial charge in [-0.25, -0.2) is 4.98 Å². The Morgan fingerprint density at radius 1 is 1.50 bits per heavy atom. The maximum Gasteiger partial charge on any atom is 0.433 e. The van der Waals surface area contributed by atoms with Crippen LogP contribution in [0.15, 0.2) is 12.3 Å². The molecule has 0 aliphatic rings. The molecule has 0 bridgehead atoms. The van der Waals surface area contributed by atoms with Crippen LogP contribution in [0.2, 0.25) is 0 Å². The first-order valence-electron chi connectivity index (χ1n) is 3.63. The standard InChI is InChI=1S/C8H6F3N3/c9-8(10,11)7-5(1-2-12)3-6(13)4-14-7/h3-4H,1,13H2. The molecule has 1 heterocycles. The number of pyridine rings is 1. The zero-order valence-electron chi connectivity index (χ0n) is 6.97. The molecule has 0 aromatic carbocycles. The zero-order valence-corrected chi connectivity index (χ0v) is 6.97. The molecule has 0 radical (unpaired) electrons. The molecular weight excluding hydrogens is 195 g/mol. The van der Waals surface area contributed by atoms with Gasteiger partial charge in [-0.15, -0.1) is 0 Å². The van der Waals surface area contributed by atoms with Gasteiger partial charge in [0.15, 0.2) is 0 Å². The maximum atomic E-state index is 12.3. The monoisotopic (exact) mass is 201 g/mol. The van der Waals surface area contributed by atoms with E-state index < -0.39 is 11.9 Å². The van der Waals surface area contributed by atoms with Crippen LogP contribution in [0.25, 0.3) is 0 Å². The van der Waals surface area contributed by atoms with Crippen LogP contribution in [-0.2, 0) is 12.6 Å². The topological polar surface area (TPSA) is 62.7 Å². The van der Waals surface area contributed by atoms with E-state index in [1.807, 2.05) is 0 Å². The van der Waals surface area contributed by atoms with E-state index in [0.29, 0.717) is 0 Å². The van der Waals surface area contributed by atoms with Crippen LogP contribution in [0.1, 0.15) is 11.3 Å². The first-order chi connectivity index (χ1) is 6.45. The van der Waals surface area contributed by atoms with Gasteiger partial charge in [-0.2, -0.15) is 18.4 Å². The predicted molar refractivity (Wildman–Crippen MR) is 43.0 cm³/mol. The number of nitrogen functional groups attached to an aromatic ring is 1. The number of aromatic nitrogens is 1. The fourth-order valence-corrected chi connectivity index (χ4v) is 1.00. The highest BCUT2D eigenvalue weighted by atomic mass is 19.4. The summed E-state index contributed by atoms with van der Waals surface area (Å²) < 4.78 is 36.9. The van der Waals surface area contributed by atoms with Crippen LogP contribution >= 0.6 is 0 Å². The third-order valence-electron chi connectivity index (χ3n) is 1.53. The second kappa shape index (κ2) is 3.54. The molecule has 6 heteroatoms. The quantitative estimate of drug-likeness (QED) is 0.752. The number of rotatable bonds is 1. The smallest absolute Gasteiger partial charge is 0.397 e. The molecule has 0 spiro atoms. The Morgan fingerprint density at radius 2 is 2.14 bits per heavy atom. The van der Waals surface area contributed by atoms with Crippen molar-refractivity contribution in [1.82, 2.24) is 4.98 Å². The van der Waals surface area contributed by atoms with Crippen LogP contribution in [0, 0.1) is 11.3 Å². The second-order valence-corrected chi connectivity index (χ2v) is 2.61. The molecule has 0 unspecified atom stereocenters. The molecule has 0 saturated heterocycles. The van der Waals surface area contributed by atoms with Gasteiger partial charge in [-0.3, -0.25) is 0 Å². The van der Waals surface area contributed by atoms with Crippen LogP contribution in [0.4, 0.5) is 18.9 Å². The molecule has 0 atom stereocenters. The van der Waals surface area contributed by atoms with Gasteiger partial charge in [0.05, 0.1) is 24.4 Å². The van der Waals surface area contributed by atoms with Crippen molar-refractivity contribution in [2.24, 2.45) is 0 Å². The molecular formula is C8H6F3N3. The lowest BCUT2D eigenvalue weighted by Crippen LogP contribution is -2.12. The summed E-state index contributed by atoms with van der Waals surface area (Å²) in [5, 5.41) is 8.31. The third kappa shape index (κ3) is 2.13. The highest BCUT2D eigenvalue weighted by Gasteiger charge is 2.35. The number of hydrogen-bond acceptors (Lipinski definition) is 3. The molecule has 3 nitrogen and oxygen atoms in total.